The average Bonchev–Trinajstić information content (AvgIpc) is 3.21. The molecule has 0 radical (unpaired) electrons. The molecule has 0 saturated carbocycles. The van der Waals surface area contributed by atoms with Crippen molar-refractivity contribution in [2.75, 3.05) is 6.54 Å². The molecule has 164 valence electrons. The summed E-state index contributed by atoms with van der Waals surface area (Å²) in [6.45, 7) is 6.19. The average molecular weight is 426 g/mol. The Morgan fingerprint density at radius 2 is 2.10 bits per heavy atom. The van der Waals surface area contributed by atoms with Crippen LogP contribution in [-0.4, -0.2) is 45.3 Å². The molecule has 1 unspecified atom stereocenters. The summed E-state index contributed by atoms with van der Waals surface area (Å²) < 4.78 is 5.51. The Hall–Kier alpha value is -3.49. The minimum atomic E-state index is -0.570. The van der Waals surface area contributed by atoms with Gasteiger partial charge in [0.15, 0.2) is 0 Å². The van der Waals surface area contributed by atoms with E-state index in [9.17, 15) is 19.7 Å². The molecule has 3 rings (SSSR count). The lowest BCUT2D eigenvalue weighted by atomic mass is 10.1. The lowest BCUT2D eigenvalue weighted by Crippen LogP contribution is -2.45. The first-order chi connectivity index (χ1) is 14.8. The number of benzene rings is 1. The van der Waals surface area contributed by atoms with E-state index < -0.39 is 11.0 Å². The van der Waals surface area contributed by atoms with Crippen molar-refractivity contribution in [2.45, 2.75) is 52.3 Å². The molecule has 0 spiro atoms. The number of likely N-dealkylation sites (tertiary alicyclic amines) is 1. The third-order valence-electron chi connectivity index (χ3n) is 5.08. The second-order valence-corrected chi connectivity index (χ2v) is 7.80. The van der Waals surface area contributed by atoms with Crippen molar-refractivity contribution < 1.29 is 19.2 Å². The number of nitro groups is 1. The molecule has 1 aromatic heterocycles. The van der Waals surface area contributed by atoms with Crippen LogP contribution in [0, 0.1) is 17.0 Å². The zero-order chi connectivity index (χ0) is 22.5. The molecule has 1 aromatic carbocycles. The molecule has 0 bridgehead atoms. The topological polar surface area (TPSA) is 115 Å². The summed E-state index contributed by atoms with van der Waals surface area (Å²) in [7, 11) is 0. The monoisotopic (exact) mass is 426 g/mol. The summed E-state index contributed by atoms with van der Waals surface area (Å²) in [4.78, 5) is 42.0. The highest BCUT2D eigenvalue weighted by molar-refractivity contribution is 5.98. The maximum absolute atomic E-state index is 12.9. The number of nitrogens with one attached hydrogen (secondary N) is 1. The van der Waals surface area contributed by atoms with Crippen LogP contribution >= 0.6 is 0 Å². The molecule has 1 N–H and O–H groups in total. The minimum Gasteiger partial charge on any atom is -0.475 e. The van der Waals surface area contributed by atoms with Gasteiger partial charge in [0, 0.05) is 42.5 Å². The number of pyridine rings is 1. The quantitative estimate of drug-likeness (QED) is 0.538. The first kappa shape index (κ1) is 22.2. The number of amides is 2. The van der Waals surface area contributed by atoms with E-state index >= 15 is 0 Å². The number of carbonyl (C=O) groups is 2. The molecule has 0 aliphatic carbocycles. The number of aryl methyl sites for hydroxylation is 1. The summed E-state index contributed by atoms with van der Waals surface area (Å²) in [6.07, 6.45) is 2.97. The van der Waals surface area contributed by atoms with Crippen LogP contribution in [0.15, 0.2) is 36.5 Å². The van der Waals surface area contributed by atoms with Gasteiger partial charge in [0.25, 0.3) is 11.6 Å². The van der Waals surface area contributed by atoms with Crippen molar-refractivity contribution in [2.24, 2.45) is 0 Å². The smallest absolute Gasteiger partial charge is 0.272 e. The highest BCUT2D eigenvalue weighted by Gasteiger charge is 2.34. The molecule has 2 heterocycles. The van der Waals surface area contributed by atoms with Crippen molar-refractivity contribution >= 4 is 17.5 Å². The summed E-state index contributed by atoms with van der Waals surface area (Å²) >= 11 is 0. The van der Waals surface area contributed by atoms with Crippen molar-refractivity contribution in [3.05, 3.63) is 63.3 Å². The number of aromatic nitrogens is 1. The molecule has 31 heavy (non-hydrogen) atoms. The minimum absolute atomic E-state index is 0.0310. The zero-order valence-corrected chi connectivity index (χ0v) is 17.8. The second kappa shape index (κ2) is 9.55. The van der Waals surface area contributed by atoms with E-state index in [-0.39, 0.29) is 23.6 Å². The largest absolute Gasteiger partial charge is 0.475 e. The van der Waals surface area contributed by atoms with Crippen LogP contribution in [-0.2, 0) is 11.3 Å². The SMILES string of the molecule is Cc1cc(C(=O)N2CCCC2C(=O)NCc2ccc(OC(C)C)nc2)ccc1[N+](=O)[O-]. The fraction of sp³-hybridized carbons (Fsp3) is 0.409. The molecular weight excluding hydrogens is 400 g/mol. The van der Waals surface area contributed by atoms with Crippen molar-refractivity contribution in [1.29, 1.82) is 0 Å². The van der Waals surface area contributed by atoms with Gasteiger partial charge in [-0.3, -0.25) is 19.7 Å². The standard InChI is InChI=1S/C22H26N4O5/c1-14(2)31-20-9-6-16(12-23-20)13-24-21(27)19-5-4-10-25(19)22(28)17-7-8-18(26(29)30)15(3)11-17/h6-9,11-12,14,19H,4-5,10,13H2,1-3H3,(H,24,27). The van der Waals surface area contributed by atoms with Crippen LogP contribution in [0.2, 0.25) is 0 Å². The third kappa shape index (κ3) is 5.36. The van der Waals surface area contributed by atoms with Gasteiger partial charge < -0.3 is 15.0 Å². The highest BCUT2D eigenvalue weighted by Crippen LogP contribution is 2.24. The summed E-state index contributed by atoms with van der Waals surface area (Å²) in [5.74, 6) is -0.00414. The van der Waals surface area contributed by atoms with Crippen LogP contribution in [0.3, 0.4) is 0 Å². The molecule has 2 aromatic rings. The molecule has 1 atom stereocenters. The molecule has 1 fully saturated rings. The fourth-order valence-corrected chi connectivity index (χ4v) is 3.58. The summed E-state index contributed by atoms with van der Waals surface area (Å²) in [5, 5.41) is 13.9. The van der Waals surface area contributed by atoms with E-state index in [1.807, 2.05) is 19.9 Å². The Morgan fingerprint density at radius 1 is 1.32 bits per heavy atom. The molecule has 1 aliphatic heterocycles. The molecule has 9 nitrogen and oxygen atoms in total. The first-order valence-electron chi connectivity index (χ1n) is 10.2. The molecule has 2 amide bonds. The number of nitro benzene ring substituents is 1. The Morgan fingerprint density at radius 3 is 2.71 bits per heavy atom. The van der Waals surface area contributed by atoms with Crippen LogP contribution < -0.4 is 10.1 Å². The third-order valence-corrected chi connectivity index (χ3v) is 5.08. The van der Waals surface area contributed by atoms with Gasteiger partial charge in [0.2, 0.25) is 11.8 Å². The Kier molecular flexibility index (Phi) is 6.84. The van der Waals surface area contributed by atoms with Crippen LogP contribution in [0.25, 0.3) is 0 Å². The van der Waals surface area contributed by atoms with E-state index in [4.69, 9.17) is 4.74 Å². The number of carbonyl (C=O) groups excluding carboxylic acids is 2. The second-order valence-electron chi connectivity index (χ2n) is 7.80. The van der Waals surface area contributed by atoms with Gasteiger partial charge in [-0.1, -0.05) is 6.07 Å². The maximum atomic E-state index is 12.9. The van der Waals surface area contributed by atoms with E-state index in [2.05, 4.69) is 10.3 Å². The normalized spacial score (nSPS) is 15.7. The van der Waals surface area contributed by atoms with E-state index in [0.717, 1.165) is 12.0 Å². The molecular formula is C22H26N4O5. The van der Waals surface area contributed by atoms with Gasteiger partial charge in [-0.2, -0.15) is 0 Å². The predicted octanol–water partition coefficient (Wildman–Crippen LogP) is 3.01. The number of hydrogen-bond acceptors (Lipinski definition) is 6. The van der Waals surface area contributed by atoms with E-state index in [0.29, 0.717) is 36.5 Å². The number of ether oxygens (including phenoxy) is 1. The summed E-state index contributed by atoms with van der Waals surface area (Å²) in [5.41, 5.74) is 1.54. The van der Waals surface area contributed by atoms with Gasteiger partial charge in [-0.25, -0.2) is 4.98 Å². The molecule has 1 aliphatic rings. The van der Waals surface area contributed by atoms with E-state index in [1.165, 1.54) is 23.1 Å². The lowest BCUT2D eigenvalue weighted by molar-refractivity contribution is -0.385. The number of rotatable bonds is 7. The Bertz CT molecular complexity index is 974. The summed E-state index contributed by atoms with van der Waals surface area (Å²) in [6, 6.07) is 7.28. The van der Waals surface area contributed by atoms with Crippen molar-refractivity contribution in [1.82, 2.24) is 15.2 Å². The van der Waals surface area contributed by atoms with Crippen molar-refractivity contribution in [3.63, 3.8) is 0 Å². The Labute approximate surface area is 180 Å². The molecule has 1 saturated heterocycles. The highest BCUT2D eigenvalue weighted by atomic mass is 16.6. The zero-order valence-electron chi connectivity index (χ0n) is 17.8. The Balaban J connectivity index is 1.63. The fourth-order valence-electron chi connectivity index (χ4n) is 3.58. The van der Waals surface area contributed by atoms with Crippen molar-refractivity contribution in [3.8, 4) is 5.88 Å². The van der Waals surface area contributed by atoms with Crippen LogP contribution in [0.5, 0.6) is 5.88 Å². The van der Waals surface area contributed by atoms with E-state index in [1.54, 1.807) is 19.2 Å². The van der Waals surface area contributed by atoms with Crippen LogP contribution in [0.1, 0.15) is 48.2 Å². The number of hydrogen-bond donors (Lipinski definition) is 1. The van der Waals surface area contributed by atoms with Gasteiger partial charge in [0.05, 0.1) is 11.0 Å². The number of nitrogens with zero attached hydrogens (tertiary/aromatic N) is 3. The van der Waals surface area contributed by atoms with Crippen LogP contribution in [0.4, 0.5) is 5.69 Å². The molecule has 9 heteroatoms. The van der Waals surface area contributed by atoms with Gasteiger partial charge in [-0.05, 0) is 51.3 Å². The van der Waals surface area contributed by atoms with Gasteiger partial charge >= 0.3 is 0 Å². The lowest BCUT2D eigenvalue weighted by Gasteiger charge is -2.24. The van der Waals surface area contributed by atoms with Gasteiger partial charge in [-0.15, -0.1) is 0 Å². The maximum Gasteiger partial charge on any atom is 0.272 e. The predicted molar refractivity (Wildman–Crippen MR) is 114 cm³/mol. The first-order valence-corrected chi connectivity index (χ1v) is 10.2. The van der Waals surface area contributed by atoms with Gasteiger partial charge in [0.1, 0.15) is 6.04 Å².